The maximum Gasteiger partial charge on any atom is 0.305 e. The quantitative estimate of drug-likeness (QED) is 0.520. The number of ether oxygens (including phenoxy) is 1. The largest absolute Gasteiger partial charge is 0.466 e. The van der Waals surface area contributed by atoms with Gasteiger partial charge in [0.05, 0.1) is 23.2 Å². The summed E-state index contributed by atoms with van der Waals surface area (Å²) in [5.41, 5.74) is 1.10. The molecule has 1 aromatic carbocycles. The Bertz CT molecular complexity index is 494. The van der Waals surface area contributed by atoms with Crippen LogP contribution in [0.2, 0.25) is 0 Å². The molecule has 0 aromatic heterocycles. The SMILES string of the molecule is CCOC(=O)CCCCC(=O)C[S@@](=O)c1ccc(C)cc1. The molecule has 21 heavy (non-hydrogen) atoms. The second-order valence-corrected chi connectivity index (χ2v) is 6.30. The maximum absolute atomic E-state index is 12.0. The Hall–Kier alpha value is -1.49. The predicted molar refractivity (Wildman–Crippen MR) is 82.6 cm³/mol. The first-order chi connectivity index (χ1) is 10.0. The lowest BCUT2D eigenvalue weighted by atomic mass is 10.1. The summed E-state index contributed by atoms with van der Waals surface area (Å²) in [6.07, 6.45) is 1.95. The van der Waals surface area contributed by atoms with Crippen molar-refractivity contribution in [3.8, 4) is 0 Å². The molecule has 4 nitrogen and oxygen atoms in total. The Kier molecular flexibility index (Phi) is 7.90. The van der Waals surface area contributed by atoms with Crippen LogP contribution in [0.5, 0.6) is 0 Å². The molecule has 0 bridgehead atoms. The van der Waals surface area contributed by atoms with E-state index in [1.165, 1.54) is 0 Å². The third kappa shape index (κ3) is 7.18. The molecule has 0 saturated carbocycles. The van der Waals surface area contributed by atoms with E-state index >= 15 is 0 Å². The second kappa shape index (κ2) is 9.45. The van der Waals surface area contributed by atoms with Gasteiger partial charge in [-0.25, -0.2) is 0 Å². The first-order valence-corrected chi connectivity index (χ1v) is 8.47. The number of carbonyl (C=O) groups excluding carboxylic acids is 2. The van der Waals surface area contributed by atoms with E-state index in [9.17, 15) is 13.8 Å². The van der Waals surface area contributed by atoms with Crippen molar-refractivity contribution in [1.29, 1.82) is 0 Å². The molecule has 0 radical (unpaired) electrons. The van der Waals surface area contributed by atoms with Crippen LogP contribution in [0.4, 0.5) is 0 Å². The predicted octanol–water partition coefficient (Wildman–Crippen LogP) is 2.80. The van der Waals surface area contributed by atoms with Gasteiger partial charge in [-0.05, 0) is 38.8 Å². The van der Waals surface area contributed by atoms with Crippen molar-refractivity contribution in [1.82, 2.24) is 0 Å². The Morgan fingerprint density at radius 3 is 2.33 bits per heavy atom. The first-order valence-electron chi connectivity index (χ1n) is 7.15. The number of hydrogen-bond acceptors (Lipinski definition) is 4. The van der Waals surface area contributed by atoms with E-state index in [1.54, 1.807) is 19.1 Å². The molecular formula is C16H22O4S. The number of hydrogen-bond donors (Lipinski definition) is 0. The van der Waals surface area contributed by atoms with Crippen molar-refractivity contribution in [3.05, 3.63) is 29.8 Å². The highest BCUT2D eigenvalue weighted by molar-refractivity contribution is 7.85. The van der Waals surface area contributed by atoms with Gasteiger partial charge in [0.1, 0.15) is 5.78 Å². The van der Waals surface area contributed by atoms with Crippen molar-refractivity contribution < 1.29 is 18.5 Å². The van der Waals surface area contributed by atoms with Gasteiger partial charge in [-0.3, -0.25) is 13.8 Å². The molecule has 1 rings (SSSR count). The van der Waals surface area contributed by atoms with Crippen LogP contribution < -0.4 is 0 Å². The van der Waals surface area contributed by atoms with E-state index in [2.05, 4.69) is 0 Å². The van der Waals surface area contributed by atoms with Crippen LogP contribution in [0, 0.1) is 6.92 Å². The van der Waals surface area contributed by atoms with E-state index in [-0.39, 0.29) is 17.5 Å². The summed E-state index contributed by atoms with van der Waals surface area (Å²) in [7, 11) is -1.28. The monoisotopic (exact) mass is 310 g/mol. The number of aryl methyl sites for hydroxylation is 1. The summed E-state index contributed by atoms with van der Waals surface area (Å²) in [6, 6.07) is 7.35. The van der Waals surface area contributed by atoms with Crippen molar-refractivity contribution in [2.24, 2.45) is 0 Å². The fourth-order valence-electron chi connectivity index (χ4n) is 1.82. The number of carbonyl (C=O) groups is 2. The summed E-state index contributed by atoms with van der Waals surface area (Å²) in [4.78, 5) is 23.6. The van der Waals surface area contributed by atoms with Crippen LogP contribution in [0.15, 0.2) is 29.2 Å². The average Bonchev–Trinajstić information content (AvgIpc) is 2.44. The molecule has 0 aliphatic carbocycles. The van der Waals surface area contributed by atoms with Crippen LogP contribution in [0.1, 0.15) is 38.2 Å². The van der Waals surface area contributed by atoms with Gasteiger partial charge in [0.15, 0.2) is 0 Å². The minimum Gasteiger partial charge on any atom is -0.466 e. The Balaban J connectivity index is 2.26. The van der Waals surface area contributed by atoms with Gasteiger partial charge in [-0.2, -0.15) is 0 Å². The zero-order valence-electron chi connectivity index (χ0n) is 12.6. The van der Waals surface area contributed by atoms with E-state index < -0.39 is 10.8 Å². The molecule has 0 fully saturated rings. The Morgan fingerprint density at radius 1 is 1.10 bits per heavy atom. The molecule has 1 aromatic rings. The molecule has 0 aliphatic rings. The smallest absolute Gasteiger partial charge is 0.305 e. The highest BCUT2D eigenvalue weighted by atomic mass is 32.2. The van der Waals surface area contributed by atoms with Gasteiger partial charge >= 0.3 is 5.97 Å². The molecule has 0 aliphatic heterocycles. The molecule has 5 heteroatoms. The van der Waals surface area contributed by atoms with Crippen molar-refractivity contribution >= 4 is 22.6 Å². The second-order valence-electron chi connectivity index (χ2n) is 4.85. The number of rotatable bonds is 9. The topological polar surface area (TPSA) is 60.4 Å². The number of ketones is 1. The van der Waals surface area contributed by atoms with Crippen LogP contribution in [-0.2, 0) is 25.1 Å². The summed E-state index contributed by atoms with van der Waals surface area (Å²) >= 11 is 0. The molecular weight excluding hydrogens is 288 g/mol. The normalized spacial score (nSPS) is 11.9. The Labute approximate surface area is 128 Å². The van der Waals surface area contributed by atoms with E-state index in [1.807, 2.05) is 19.1 Å². The fourth-order valence-corrected chi connectivity index (χ4v) is 2.86. The van der Waals surface area contributed by atoms with Gasteiger partial charge in [0.2, 0.25) is 0 Å². The van der Waals surface area contributed by atoms with Gasteiger partial charge in [0, 0.05) is 17.7 Å². The lowest BCUT2D eigenvalue weighted by molar-refractivity contribution is -0.143. The van der Waals surface area contributed by atoms with Gasteiger partial charge in [-0.1, -0.05) is 17.7 Å². The highest BCUT2D eigenvalue weighted by Gasteiger charge is 2.10. The minimum atomic E-state index is -1.28. The van der Waals surface area contributed by atoms with E-state index in [4.69, 9.17) is 4.74 Å². The average molecular weight is 310 g/mol. The molecule has 0 N–H and O–H groups in total. The van der Waals surface area contributed by atoms with E-state index in [0.29, 0.717) is 37.2 Å². The standard InChI is InChI=1S/C16H22O4S/c1-3-20-16(18)7-5-4-6-14(17)12-21(19)15-10-8-13(2)9-11-15/h8-11H,3-7,12H2,1-2H3/t21-/m1/s1. The molecule has 1 atom stereocenters. The van der Waals surface area contributed by atoms with Gasteiger partial charge in [0.25, 0.3) is 0 Å². The highest BCUT2D eigenvalue weighted by Crippen LogP contribution is 2.10. The lowest BCUT2D eigenvalue weighted by Crippen LogP contribution is -2.11. The summed E-state index contributed by atoms with van der Waals surface area (Å²) in [5, 5.41) is 0. The van der Waals surface area contributed by atoms with Crippen molar-refractivity contribution in [2.45, 2.75) is 44.4 Å². The van der Waals surface area contributed by atoms with Crippen molar-refractivity contribution in [3.63, 3.8) is 0 Å². The Morgan fingerprint density at radius 2 is 1.71 bits per heavy atom. The molecule has 0 unspecified atom stereocenters. The maximum atomic E-state index is 12.0. The van der Waals surface area contributed by atoms with Crippen molar-refractivity contribution in [2.75, 3.05) is 12.4 Å². The summed E-state index contributed by atoms with van der Waals surface area (Å²) < 4.78 is 16.8. The number of benzene rings is 1. The third-order valence-electron chi connectivity index (χ3n) is 2.97. The van der Waals surface area contributed by atoms with Crippen LogP contribution in [0.25, 0.3) is 0 Å². The minimum absolute atomic E-state index is 0.0298. The molecule has 0 saturated heterocycles. The van der Waals surface area contributed by atoms with Gasteiger partial charge < -0.3 is 4.74 Å². The van der Waals surface area contributed by atoms with E-state index in [0.717, 1.165) is 5.56 Å². The van der Waals surface area contributed by atoms with Crippen LogP contribution in [-0.4, -0.2) is 28.3 Å². The summed E-state index contributed by atoms with van der Waals surface area (Å²) in [5.74, 6) is -0.214. The molecule has 116 valence electrons. The van der Waals surface area contributed by atoms with Gasteiger partial charge in [-0.15, -0.1) is 0 Å². The number of esters is 1. The van der Waals surface area contributed by atoms with Crippen LogP contribution in [0.3, 0.4) is 0 Å². The number of Topliss-reactive ketones (excluding diaryl/α,β-unsaturated/α-hetero) is 1. The lowest BCUT2D eigenvalue weighted by Gasteiger charge is -2.03. The molecule has 0 amide bonds. The van der Waals surface area contributed by atoms with Crippen LogP contribution >= 0.6 is 0 Å². The third-order valence-corrected chi connectivity index (χ3v) is 4.35. The molecule has 0 heterocycles. The first kappa shape index (κ1) is 17.6. The molecule has 0 spiro atoms. The zero-order chi connectivity index (χ0) is 15.7. The summed E-state index contributed by atoms with van der Waals surface area (Å²) in [6.45, 7) is 4.11. The fraction of sp³-hybridized carbons (Fsp3) is 0.500. The number of unbranched alkanes of at least 4 members (excludes halogenated alkanes) is 1. The zero-order valence-corrected chi connectivity index (χ0v) is 13.4.